The second-order valence-corrected chi connectivity index (χ2v) is 6.17. The first-order chi connectivity index (χ1) is 11.5. The van der Waals surface area contributed by atoms with Gasteiger partial charge in [-0.25, -0.2) is 4.79 Å². The van der Waals surface area contributed by atoms with E-state index in [1.807, 2.05) is 0 Å². The summed E-state index contributed by atoms with van der Waals surface area (Å²) < 4.78 is 4.39. The summed E-state index contributed by atoms with van der Waals surface area (Å²) in [5.41, 5.74) is 0. The van der Waals surface area contributed by atoms with Gasteiger partial charge in [0.05, 0.1) is 0 Å². The molecule has 0 saturated carbocycles. The molecule has 6 nitrogen and oxygen atoms in total. The Labute approximate surface area is 173 Å². The Morgan fingerprint density at radius 3 is 1.76 bits per heavy atom. The molecule has 0 aromatic rings. The number of carbonyl (C=O) groups is 3. The van der Waals surface area contributed by atoms with Crippen molar-refractivity contribution in [1.82, 2.24) is 0 Å². The number of rotatable bonds is 15. The van der Waals surface area contributed by atoms with Gasteiger partial charge in [-0.1, -0.05) is 71.1 Å². The number of aliphatic carboxylic acids is 1. The zero-order valence-corrected chi connectivity index (χ0v) is 17.8. The second kappa shape index (κ2) is 18.4. The van der Waals surface area contributed by atoms with Gasteiger partial charge in [-0.2, -0.15) is 0 Å². The molecule has 0 fully saturated rings. The SMILES string of the molecule is CCCCCCCCCCCCCC(=O)OC(=O)C(O)CC(=O)[O-].[Na+]. The summed E-state index contributed by atoms with van der Waals surface area (Å²) in [5.74, 6) is -3.53. The molecule has 0 saturated heterocycles. The molecule has 0 aliphatic carbocycles. The fraction of sp³-hybridized carbons (Fsp3) is 0.833. The Hall–Kier alpha value is -0.430. The van der Waals surface area contributed by atoms with Crippen molar-refractivity contribution in [3.8, 4) is 0 Å². The largest absolute Gasteiger partial charge is 1.00 e. The molecule has 0 aliphatic rings. The zero-order chi connectivity index (χ0) is 18.2. The van der Waals surface area contributed by atoms with Crippen molar-refractivity contribution in [2.75, 3.05) is 0 Å². The standard InChI is InChI=1S/C18H32O6.Na/c1-2-3-4-5-6-7-8-9-10-11-12-13-17(22)24-18(23)15(19)14-16(20)21;/h15,19H,2-14H2,1H3,(H,20,21);/q;+1/p-1. The van der Waals surface area contributed by atoms with Gasteiger partial charge >= 0.3 is 41.5 Å². The number of unbranched alkanes of at least 4 members (excludes halogenated alkanes) is 10. The van der Waals surface area contributed by atoms with Crippen LogP contribution in [0.15, 0.2) is 0 Å². The average Bonchev–Trinajstić information content (AvgIpc) is 2.51. The summed E-state index contributed by atoms with van der Waals surface area (Å²) >= 11 is 0. The number of aliphatic hydroxyl groups excluding tert-OH is 1. The van der Waals surface area contributed by atoms with Gasteiger partial charge in [-0.3, -0.25) is 4.79 Å². The molecule has 0 radical (unpaired) electrons. The number of hydrogen-bond acceptors (Lipinski definition) is 6. The number of ether oxygens (including phenoxy) is 1. The number of hydrogen-bond donors (Lipinski definition) is 1. The maximum absolute atomic E-state index is 11.4. The van der Waals surface area contributed by atoms with Crippen LogP contribution in [0.25, 0.3) is 0 Å². The normalized spacial score (nSPS) is 11.4. The van der Waals surface area contributed by atoms with Gasteiger partial charge in [-0.15, -0.1) is 0 Å². The summed E-state index contributed by atoms with van der Waals surface area (Å²) in [6, 6.07) is 0. The van der Waals surface area contributed by atoms with Crippen LogP contribution >= 0.6 is 0 Å². The average molecular weight is 366 g/mol. The number of esters is 2. The van der Waals surface area contributed by atoms with E-state index in [0.29, 0.717) is 6.42 Å². The maximum Gasteiger partial charge on any atom is 1.00 e. The van der Waals surface area contributed by atoms with Crippen molar-refractivity contribution < 1.29 is 58.9 Å². The van der Waals surface area contributed by atoms with Crippen LogP contribution in [0, 0.1) is 0 Å². The topological polar surface area (TPSA) is 104 Å². The van der Waals surface area contributed by atoms with E-state index >= 15 is 0 Å². The Bertz CT molecular complexity index is 373. The maximum atomic E-state index is 11.4. The molecule has 1 N–H and O–H groups in total. The number of carbonyl (C=O) groups excluding carboxylic acids is 3. The van der Waals surface area contributed by atoms with Crippen molar-refractivity contribution in [3.05, 3.63) is 0 Å². The number of carboxylic acid groups (broad SMARTS) is 1. The van der Waals surface area contributed by atoms with E-state index in [1.54, 1.807) is 0 Å². The van der Waals surface area contributed by atoms with Gasteiger partial charge in [0.2, 0.25) is 0 Å². The molecule has 25 heavy (non-hydrogen) atoms. The minimum absolute atomic E-state index is 0. The first kappa shape index (κ1) is 26.8. The van der Waals surface area contributed by atoms with Gasteiger partial charge in [0.15, 0.2) is 6.10 Å². The number of carboxylic acids is 1. The summed E-state index contributed by atoms with van der Waals surface area (Å²) in [4.78, 5) is 32.8. The third kappa shape index (κ3) is 18.2. The van der Waals surface area contributed by atoms with E-state index in [4.69, 9.17) is 5.11 Å². The van der Waals surface area contributed by atoms with Crippen LogP contribution in [0.4, 0.5) is 0 Å². The summed E-state index contributed by atoms with van der Waals surface area (Å²) in [5, 5.41) is 19.4. The van der Waals surface area contributed by atoms with Gasteiger partial charge in [0.1, 0.15) is 0 Å². The molecule has 0 bridgehead atoms. The summed E-state index contributed by atoms with van der Waals surface area (Å²) in [7, 11) is 0. The molecule has 0 spiro atoms. The van der Waals surface area contributed by atoms with Crippen molar-refractivity contribution >= 4 is 17.9 Å². The van der Waals surface area contributed by atoms with Crippen molar-refractivity contribution in [1.29, 1.82) is 0 Å². The molecule has 140 valence electrons. The van der Waals surface area contributed by atoms with Crippen molar-refractivity contribution in [2.24, 2.45) is 0 Å². The van der Waals surface area contributed by atoms with Crippen LogP contribution in [-0.4, -0.2) is 29.1 Å². The molecule has 1 unspecified atom stereocenters. The van der Waals surface area contributed by atoms with Crippen LogP contribution in [0.5, 0.6) is 0 Å². The Morgan fingerprint density at radius 2 is 1.32 bits per heavy atom. The molecule has 0 aromatic carbocycles. The van der Waals surface area contributed by atoms with E-state index in [0.717, 1.165) is 19.3 Å². The Balaban J connectivity index is 0. The summed E-state index contributed by atoms with van der Waals surface area (Å²) in [6.07, 6.45) is 10.1. The van der Waals surface area contributed by atoms with Gasteiger partial charge in [-0.05, 0) is 6.42 Å². The van der Waals surface area contributed by atoms with Crippen LogP contribution in [0.2, 0.25) is 0 Å². The Kier molecular flexibility index (Phi) is 19.7. The smallest absolute Gasteiger partial charge is 0.550 e. The van der Waals surface area contributed by atoms with E-state index in [-0.39, 0.29) is 36.0 Å². The molecule has 7 heteroatoms. The minimum atomic E-state index is -1.85. The molecule has 0 aromatic heterocycles. The molecule has 0 amide bonds. The zero-order valence-electron chi connectivity index (χ0n) is 15.8. The van der Waals surface area contributed by atoms with Crippen molar-refractivity contribution in [3.63, 3.8) is 0 Å². The van der Waals surface area contributed by atoms with E-state index in [1.165, 1.54) is 44.9 Å². The Morgan fingerprint density at radius 1 is 0.880 bits per heavy atom. The molecular formula is C18H31NaO6. The van der Waals surface area contributed by atoms with Crippen LogP contribution < -0.4 is 34.7 Å². The van der Waals surface area contributed by atoms with Gasteiger partial charge < -0.3 is 19.7 Å². The molecule has 0 rings (SSSR count). The fourth-order valence-corrected chi connectivity index (χ4v) is 2.41. The predicted octanol–water partition coefficient (Wildman–Crippen LogP) is -0.738. The molecular weight excluding hydrogens is 335 g/mol. The third-order valence-corrected chi connectivity index (χ3v) is 3.83. The quantitative estimate of drug-likeness (QED) is 0.177. The second-order valence-electron chi connectivity index (χ2n) is 6.17. The predicted molar refractivity (Wildman–Crippen MR) is 87.8 cm³/mol. The van der Waals surface area contributed by atoms with E-state index in [9.17, 15) is 19.5 Å². The molecule has 0 heterocycles. The van der Waals surface area contributed by atoms with Crippen LogP contribution in [0.3, 0.4) is 0 Å². The monoisotopic (exact) mass is 366 g/mol. The van der Waals surface area contributed by atoms with Gasteiger partial charge in [0.25, 0.3) is 0 Å². The minimum Gasteiger partial charge on any atom is -0.550 e. The van der Waals surface area contributed by atoms with Crippen LogP contribution in [0.1, 0.15) is 90.4 Å². The number of aliphatic hydroxyl groups is 1. The molecule has 1 atom stereocenters. The molecule has 0 aliphatic heterocycles. The van der Waals surface area contributed by atoms with Crippen LogP contribution in [-0.2, 0) is 19.1 Å². The summed E-state index contributed by atoms with van der Waals surface area (Å²) in [6.45, 7) is 2.21. The first-order valence-electron chi connectivity index (χ1n) is 9.09. The van der Waals surface area contributed by atoms with Crippen molar-refractivity contribution in [2.45, 2.75) is 96.5 Å². The first-order valence-corrected chi connectivity index (χ1v) is 9.09. The van der Waals surface area contributed by atoms with Gasteiger partial charge in [0, 0.05) is 18.8 Å². The fourth-order valence-electron chi connectivity index (χ4n) is 2.41. The van der Waals surface area contributed by atoms with E-state index < -0.39 is 30.4 Å². The third-order valence-electron chi connectivity index (χ3n) is 3.83. The van der Waals surface area contributed by atoms with E-state index in [2.05, 4.69) is 11.7 Å².